The summed E-state index contributed by atoms with van der Waals surface area (Å²) in [7, 11) is 0. The number of benzene rings is 9. The van der Waals surface area contributed by atoms with Gasteiger partial charge in [-0.15, -0.1) is 22.7 Å². The van der Waals surface area contributed by atoms with Gasteiger partial charge in [-0.05, 0) is 107 Å². The number of rotatable bonds is 5. The van der Waals surface area contributed by atoms with Crippen LogP contribution < -0.4 is 4.90 Å². The first kappa shape index (κ1) is 31.6. The van der Waals surface area contributed by atoms with Gasteiger partial charge in [-0.2, -0.15) is 0 Å². The van der Waals surface area contributed by atoms with Gasteiger partial charge in [-0.3, -0.25) is 0 Å². The minimum absolute atomic E-state index is 1.13. The molecule has 0 aliphatic heterocycles. The van der Waals surface area contributed by atoms with E-state index in [9.17, 15) is 0 Å². The predicted octanol–water partition coefficient (Wildman–Crippen LogP) is 15.8. The van der Waals surface area contributed by atoms with Gasteiger partial charge in [0.2, 0.25) is 0 Å². The Balaban J connectivity index is 0.956. The summed E-state index contributed by atoms with van der Waals surface area (Å²) in [5.41, 5.74) is 9.41. The van der Waals surface area contributed by atoms with Crippen molar-refractivity contribution in [1.82, 2.24) is 4.57 Å². The normalized spacial score (nSPS) is 11.9. The van der Waals surface area contributed by atoms with Gasteiger partial charge in [-0.25, -0.2) is 0 Å². The lowest BCUT2D eigenvalue weighted by Crippen LogP contribution is -2.09. The van der Waals surface area contributed by atoms with Crippen molar-refractivity contribution in [3.05, 3.63) is 194 Å². The largest absolute Gasteiger partial charge is 0.310 e. The zero-order valence-electron chi connectivity index (χ0n) is 30.2. The van der Waals surface area contributed by atoms with Gasteiger partial charge >= 0.3 is 0 Å². The van der Waals surface area contributed by atoms with E-state index in [-0.39, 0.29) is 0 Å². The van der Waals surface area contributed by atoms with E-state index < -0.39 is 0 Å². The highest BCUT2D eigenvalue weighted by Gasteiger charge is 2.18. The van der Waals surface area contributed by atoms with Gasteiger partial charge in [-0.1, -0.05) is 109 Å². The molecule has 12 rings (SSSR count). The summed E-state index contributed by atoms with van der Waals surface area (Å²) >= 11 is 3.72. The topological polar surface area (TPSA) is 8.17 Å². The van der Waals surface area contributed by atoms with Crippen LogP contribution in [0.2, 0.25) is 0 Å². The summed E-state index contributed by atoms with van der Waals surface area (Å²) in [6.07, 6.45) is 0. The number of thiophene rings is 2. The quantitative estimate of drug-likeness (QED) is 0.170. The Hall–Kier alpha value is -6.72. The number of para-hydroxylation sites is 1. The molecule has 0 amide bonds. The van der Waals surface area contributed by atoms with Crippen LogP contribution in [0.4, 0.5) is 17.1 Å². The Labute approximate surface area is 331 Å². The first-order chi connectivity index (χ1) is 27.7. The summed E-state index contributed by atoms with van der Waals surface area (Å²) < 4.78 is 7.66. The van der Waals surface area contributed by atoms with Crippen LogP contribution in [0.15, 0.2) is 194 Å². The summed E-state index contributed by atoms with van der Waals surface area (Å²) in [4.78, 5) is 2.41. The van der Waals surface area contributed by atoms with Gasteiger partial charge in [0.05, 0.1) is 11.0 Å². The first-order valence-electron chi connectivity index (χ1n) is 19.0. The molecule has 56 heavy (non-hydrogen) atoms. The van der Waals surface area contributed by atoms with Crippen LogP contribution in [-0.4, -0.2) is 4.57 Å². The zero-order chi connectivity index (χ0) is 36.7. The molecule has 0 bridgehead atoms. The maximum Gasteiger partial charge on any atom is 0.0547 e. The van der Waals surface area contributed by atoms with E-state index in [1.165, 1.54) is 84.0 Å². The third-order valence-electron chi connectivity index (χ3n) is 11.4. The number of fused-ring (bicyclic) bond motifs is 11. The molecule has 4 heteroatoms. The fourth-order valence-corrected chi connectivity index (χ4v) is 10.9. The molecule has 12 aromatic rings. The van der Waals surface area contributed by atoms with Crippen molar-refractivity contribution in [2.75, 3.05) is 4.90 Å². The Morgan fingerprint density at radius 1 is 0.339 bits per heavy atom. The van der Waals surface area contributed by atoms with Crippen LogP contribution in [0, 0.1) is 0 Å². The van der Waals surface area contributed by atoms with Gasteiger partial charge in [0, 0.05) is 73.9 Å². The van der Waals surface area contributed by atoms with Crippen LogP contribution in [0.3, 0.4) is 0 Å². The van der Waals surface area contributed by atoms with E-state index in [0.29, 0.717) is 0 Å². The molecule has 3 aromatic heterocycles. The molecule has 0 radical (unpaired) electrons. The second kappa shape index (κ2) is 12.4. The lowest BCUT2D eigenvalue weighted by atomic mass is 10.0. The second-order valence-corrected chi connectivity index (χ2v) is 16.7. The van der Waals surface area contributed by atoms with Crippen molar-refractivity contribution < 1.29 is 0 Å². The molecule has 9 aromatic carbocycles. The highest BCUT2D eigenvalue weighted by Crippen LogP contribution is 2.44. The van der Waals surface area contributed by atoms with E-state index in [0.717, 1.165) is 22.7 Å². The Bertz CT molecular complexity index is 3360. The Morgan fingerprint density at radius 3 is 1.48 bits per heavy atom. The minimum atomic E-state index is 1.13. The van der Waals surface area contributed by atoms with Crippen molar-refractivity contribution in [3.63, 3.8) is 0 Å². The van der Waals surface area contributed by atoms with E-state index in [1.807, 2.05) is 22.7 Å². The van der Waals surface area contributed by atoms with Crippen molar-refractivity contribution >= 4 is 113 Å². The van der Waals surface area contributed by atoms with Crippen LogP contribution >= 0.6 is 22.7 Å². The van der Waals surface area contributed by atoms with Crippen molar-refractivity contribution in [3.8, 4) is 16.8 Å². The molecule has 0 fully saturated rings. The third-order valence-corrected chi connectivity index (χ3v) is 13.7. The maximum absolute atomic E-state index is 2.41. The third kappa shape index (κ3) is 4.86. The number of nitrogens with zero attached hydrogens (tertiary/aromatic N) is 2. The fraction of sp³-hybridized carbons (Fsp3) is 0. The molecule has 0 saturated carbocycles. The first-order valence-corrected chi connectivity index (χ1v) is 20.6. The summed E-state index contributed by atoms with van der Waals surface area (Å²) in [5, 5.41) is 10.3. The fourth-order valence-electron chi connectivity index (χ4n) is 8.78. The molecule has 0 aliphatic rings. The summed E-state index contributed by atoms with van der Waals surface area (Å²) in [6, 6.07) is 71.5. The highest BCUT2D eigenvalue weighted by atomic mass is 32.1. The molecular formula is C52H32N2S2. The number of anilines is 3. The molecule has 0 N–H and O–H groups in total. The second-order valence-electron chi connectivity index (χ2n) is 14.5. The van der Waals surface area contributed by atoms with Crippen LogP contribution in [-0.2, 0) is 0 Å². The van der Waals surface area contributed by atoms with E-state index in [1.54, 1.807) is 0 Å². The maximum atomic E-state index is 2.41. The summed E-state index contributed by atoms with van der Waals surface area (Å²) in [6.45, 7) is 0. The molecule has 262 valence electrons. The SMILES string of the molecule is c1ccc2c(c1)ccc1c2c2ccccc2n1-c1ccc(-c2ccc(N(c3ccc4sc5ccccc5c4c3)c3ccc4sc5ccccc5c4c3)cc2)cc1. The van der Waals surface area contributed by atoms with Crippen molar-refractivity contribution in [1.29, 1.82) is 0 Å². The standard InChI is InChI=1S/C52H32N2S2/c1-2-10-40-35(9-1)21-28-47-52(40)43-13-3-6-14-46(43)54(47)37-24-19-34(20-25-37)33-17-22-36(23-18-33)53(38-26-29-50-44(31-38)41-11-4-7-15-48(41)55-50)39-27-30-51-45(32-39)42-12-5-8-16-49(42)56-51/h1-32H. The van der Waals surface area contributed by atoms with Gasteiger partial charge in [0.25, 0.3) is 0 Å². The molecule has 0 aliphatic carbocycles. The average molecular weight is 749 g/mol. The molecule has 3 heterocycles. The minimum Gasteiger partial charge on any atom is -0.310 e. The van der Waals surface area contributed by atoms with E-state index >= 15 is 0 Å². The van der Waals surface area contributed by atoms with Crippen molar-refractivity contribution in [2.45, 2.75) is 0 Å². The van der Waals surface area contributed by atoms with Crippen molar-refractivity contribution in [2.24, 2.45) is 0 Å². The predicted molar refractivity (Wildman–Crippen MR) is 244 cm³/mol. The lowest BCUT2D eigenvalue weighted by molar-refractivity contribution is 1.18. The average Bonchev–Trinajstić information content (AvgIpc) is 3.93. The smallest absolute Gasteiger partial charge is 0.0547 e. The number of hydrogen-bond donors (Lipinski definition) is 0. The summed E-state index contributed by atoms with van der Waals surface area (Å²) in [5.74, 6) is 0. The molecule has 0 saturated heterocycles. The van der Waals surface area contributed by atoms with Gasteiger partial charge in [0.15, 0.2) is 0 Å². The van der Waals surface area contributed by atoms with Crippen LogP contribution in [0.1, 0.15) is 0 Å². The van der Waals surface area contributed by atoms with E-state index in [2.05, 4.69) is 204 Å². The molecule has 2 nitrogen and oxygen atoms in total. The van der Waals surface area contributed by atoms with Gasteiger partial charge in [0.1, 0.15) is 0 Å². The molecule has 0 unspecified atom stereocenters. The molecule has 0 spiro atoms. The molecule has 0 atom stereocenters. The van der Waals surface area contributed by atoms with Crippen LogP contribution in [0.25, 0.3) is 89.7 Å². The lowest BCUT2D eigenvalue weighted by Gasteiger charge is -2.26. The highest BCUT2D eigenvalue weighted by molar-refractivity contribution is 7.26. The van der Waals surface area contributed by atoms with E-state index in [4.69, 9.17) is 0 Å². The van der Waals surface area contributed by atoms with Gasteiger partial charge < -0.3 is 9.47 Å². The zero-order valence-corrected chi connectivity index (χ0v) is 31.8. The van der Waals surface area contributed by atoms with Crippen LogP contribution in [0.5, 0.6) is 0 Å². The molecular weight excluding hydrogens is 717 g/mol. The Morgan fingerprint density at radius 2 is 0.839 bits per heavy atom. The number of hydrogen-bond acceptors (Lipinski definition) is 3. The number of aromatic nitrogens is 1. The Kier molecular flexibility index (Phi) is 7.00. The monoisotopic (exact) mass is 748 g/mol.